The highest BCUT2D eigenvalue weighted by atomic mass is 32.1. The van der Waals surface area contributed by atoms with Crippen molar-refractivity contribution in [3.05, 3.63) is 0 Å². The third-order valence-electron chi connectivity index (χ3n) is 4.59. The maximum Gasteiger partial charge on any atom is 0.242 e. The van der Waals surface area contributed by atoms with Gasteiger partial charge < -0.3 is 10.6 Å². The highest BCUT2D eigenvalue weighted by Crippen LogP contribution is 2.52. The van der Waals surface area contributed by atoms with E-state index in [1.807, 2.05) is 13.8 Å². The average molecular weight is 254 g/mol. The molecule has 2 fully saturated rings. The van der Waals surface area contributed by atoms with E-state index in [1.165, 1.54) is 0 Å². The molecule has 0 bridgehead atoms. The van der Waals surface area contributed by atoms with Crippen LogP contribution < -0.4 is 10.6 Å². The van der Waals surface area contributed by atoms with Crippen LogP contribution in [0.15, 0.2) is 0 Å². The molecule has 1 saturated heterocycles. The first-order valence-corrected chi connectivity index (χ1v) is 6.52. The van der Waals surface area contributed by atoms with Gasteiger partial charge in [0.1, 0.15) is 5.41 Å². The van der Waals surface area contributed by atoms with Gasteiger partial charge in [0.05, 0.1) is 0 Å². The first-order valence-electron chi connectivity index (χ1n) is 6.11. The van der Waals surface area contributed by atoms with Crippen molar-refractivity contribution in [2.45, 2.75) is 33.6 Å². The lowest BCUT2D eigenvalue weighted by Gasteiger charge is -2.38. The molecule has 1 aliphatic heterocycles. The molecular weight excluding hydrogens is 236 g/mol. The lowest BCUT2D eigenvalue weighted by molar-refractivity contribution is -0.149. The molecule has 17 heavy (non-hydrogen) atoms. The quantitative estimate of drug-likeness (QED) is 0.546. The molecule has 3 atom stereocenters. The first-order chi connectivity index (χ1) is 7.94. The summed E-state index contributed by atoms with van der Waals surface area (Å²) in [4.78, 5) is 24.5. The van der Waals surface area contributed by atoms with E-state index < -0.39 is 5.41 Å². The van der Waals surface area contributed by atoms with E-state index in [2.05, 4.69) is 17.6 Å². The standard InChI is InChI=1S/C12H18N2O2S/c1-4-8-5-6(2)12(7(8)3)9(15)13-11(17)14-10(12)16/h6-8H,4-5H2,1-3H3,(H2,13,14,15,16,17). The van der Waals surface area contributed by atoms with E-state index in [-0.39, 0.29) is 28.8 Å². The van der Waals surface area contributed by atoms with Gasteiger partial charge in [0.2, 0.25) is 11.8 Å². The Morgan fingerprint density at radius 3 is 2.24 bits per heavy atom. The van der Waals surface area contributed by atoms with Crippen LogP contribution in [0.3, 0.4) is 0 Å². The van der Waals surface area contributed by atoms with Gasteiger partial charge >= 0.3 is 0 Å². The van der Waals surface area contributed by atoms with Gasteiger partial charge in [-0.1, -0.05) is 27.2 Å². The molecule has 0 aromatic heterocycles. The third-order valence-corrected chi connectivity index (χ3v) is 4.79. The number of hydrogen-bond donors (Lipinski definition) is 2. The van der Waals surface area contributed by atoms with Crippen molar-refractivity contribution in [1.82, 2.24) is 10.6 Å². The molecule has 94 valence electrons. The summed E-state index contributed by atoms with van der Waals surface area (Å²) in [6.45, 7) is 6.10. The molecule has 2 N–H and O–H groups in total. The Morgan fingerprint density at radius 2 is 1.82 bits per heavy atom. The Bertz CT molecular complexity index is 374. The highest BCUT2D eigenvalue weighted by Gasteiger charge is 2.62. The fraction of sp³-hybridized carbons (Fsp3) is 0.750. The van der Waals surface area contributed by atoms with Crippen LogP contribution in [-0.4, -0.2) is 16.9 Å². The highest BCUT2D eigenvalue weighted by molar-refractivity contribution is 7.80. The second-order valence-electron chi connectivity index (χ2n) is 5.20. The van der Waals surface area contributed by atoms with Crippen LogP contribution >= 0.6 is 12.2 Å². The zero-order valence-electron chi connectivity index (χ0n) is 10.4. The Hall–Kier alpha value is -0.970. The van der Waals surface area contributed by atoms with Crippen molar-refractivity contribution in [3.63, 3.8) is 0 Å². The maximum absolute atomic E-state index is 12.3. The minimum atomic E-state index is -0.928. The van der Waals surface area contributed by atoms with Crippen molar-refractivity contribution in [1.29, 1.82) is 0 Å². The molecule has 0 aromatic carbocycles. The van der Waals surface area contributed by atoms with Gasteiger partial charge in [0, 0.05) is 0 Å². The fourth-order valence-corrected chi connectivity index (χ4v) is 3.78. The SMILES string of the molecule is CCC1CC(C)C2(C(=O)NC(=S)NC2=O)C1C. The van der Waals surface area contributed by atoms with Crippen LogP contribution in [0.5, 0.6) is 0 Å². The number of hydrogen-bond acceptors (Lipinski definition) is 3. The zero-order valence-corrected chi connectivity index (χ0v) is 11.2. The molecule has 3 unspecified atom stereocenters. The molecule has 4 nitrogen and oxygen atoms in total. The molecule has 5 heteroatoms. The summed E-state index contributed by atoms with van der Waals surface area (Å²) in [5, 5.41) is 5.35. The van der Waals surface area contributed by atoms with E-state index in [9.17, 15) is 9.59 Å². The number of thiocarbonyl (C=S) groups is 1. The molecule has 1 spiro atoms. The summed E-state index contributed by atoms with van der Waals surface area (Å²) >= 11 is 4.85. The van der Waals surface area contributed by atoms with Crippen LogP contribution in [0.25, 0.3) is 0 Å². The predicted octanol–water partition coefficient (Wildman–Crippen LogP) is 1.21. The summed E-state index contributed by atoms with van der Waals surface area (Å²) in [5.74, 6) is 0.105. The molecule has 2 rings (SSSR count). The van der Waals surface area contributed by atoms with Crippen LogP contribution in [0.1, 0.15) is 33.6 Å². The molecular formula is C12H18N2O2S. The Morgan fingerprint density at radius 1 is 1.29 bits per heavy atom. The van der Waals surface area contributed by atoms with Gasteiger partial charge in [-0.05, 0) is 36.4 Å². The summed E-state index contributed by atoms with van der Waals surface area (Å²) in [7, 11) is 0. The Labute approximate surface area is 107 Å². The van der Waals surface area contributed by atoms with Gasteiger partial charge in [-0.2, -0.15) is 0 Å². The summed E-state index contributed by atoms with van der Waals surface area (Å²) in [6, 6.07) is 0. The van der Waals surface area contributed by atoms with Crippen molar-refractivity contribution in [3.8, 4) is 0 Å². The van der Waals surface area contributed by atoms with Crippen LogP contribution in [0.4, 0.5) is 0 Å². The molecule has 2 amide bonds. The van der Waals surface area contributed by atoms with Crippen LogP contribution in [0, 0.1) is 23.2 Å². The number of carbonyl (C=O) groups is 2. The zero-order chi connectivity index (χ0) is 12.8. The number of carbonyl (C=O) groups excluding carboxylic acids is 2. The van der Waals surface area contributed by atoms with Crippen molar-refractivity contribution in [2.24, 2.45) is 23.2 Å². The number of nitrogens with one attached hydrogen (secondary N) is 2. The van der Waals surface area contributed by atoms with Gasteiger partial charge in [-0.25, -0.2) is 0 Å². The number of amides is 2. The second-order valence-corrected chi connectivity index (χ2v) is 5.61. The van der Waals surface area contributed by atoms with E-state index >= 15 is 0 Å². The van der Waals surface area contributed by atoms with Gasteiger partial charge in [0.15, 0.2) is 5.11 Å². The van der Waals surface area contributed by atoms with E-state index in [4.69, 9.17) is 12.2 Å². The van der Waals surface area contributed by atoms with Crippen molar-refractivity contribution >= 4 is 29.1 Å². The van der Waals surface area contributed by atoms with Gasteiger partial charge in [-0.3, -0.25) is 9.59 Å². The second kappa shape index (κ2) is 4.05. The normalized spacial score (nSPS) is 35.9. The predicted molar refractivity (Wildman–Crippen MR) is 68.0 cm³/mol. The van der Waals surface area contributed by atoms with Gasteiger partial charge in [0.25, 0.3) is 0 Å². The summed E-state index contributed by atoms with van der Waals surface area (Å²) < 4.78 is 0. The largest absolute Gasteiger partial charge is 0.302 e. The molecule has 1 heterocycles. The molecule has 0 aromatic rings. The van der Waals surface area contributed by atoms with Crippen molar-refractivity contribution in [2.75, 3.05) is 0 Å². The van der Waals surface area contributed by atoms with Crippen molar-refractivity contribution < 1.29 is 9.59 Å². The maximum atomic E-state index is 12.3. The lowest BCUT2D eigenvalue weighted by atomic mass is 9.69. The van der Waals surface area contributed by atoms with E-state index in [0.29, 0.717) is 5.92 Å². The topological polar surface area (TPSA) is 58.2 Å². The minimum Gasteiger partial charge on any atom is -0.302 e. The van der Waals surface area contributed by atoms with Crippen LogP contribution in [0.2, 0.25) is 0 Å². The lowest BCUT2D eigenvalue weighted by Crippen LogP contribution is -2.65. The monoisotopic (exact) mass is 254 g/mol. The Kier molecular flexibility index (Phi) is 2.97. The minimum absolute atomic E-state index is 0.0607. The molecule has 0 radical (unpaired) electrons. The summed E-state index contributed by atoms with van der Waals surface area (Å²) in [6.07, 6.45) is 1.92. The smallest absolute Gasteiger partial charge is 0.242 e. The van der Waals surface area contributed by atoms with E-state index in [1.54, 1.807) is 0 Å². The number of rotatable bonds is 1. The first kappa shape index (κ1) is 12.5. The molecule has 1 aliphatic carbocycles. The van der Waals surface area contributed by atoms with Crippen LogP contribution in [-0.2, 0) is 9.59 Å². The average Bonchev–Trinajstić information content (AvgIpc) is 2.49. The Balaban J connectivity index is 2.43. The summed E-state index contributed by atoms with van der Waals surface area (Å²) in [5.41, 5.74) is -0.928. The fourth-order valence-electron chi connectivity index (χ4n) is 3.59. The van der Waals surface area contributed by atoms with Gasteiger partial charge in [-0.15, -0.1) is 0 Å². The molecule has 1 saturated carbocycles. The third kappa shape index (κ3) is 1.52. The molecule has 2 aliphatic rings. The van der Waals surface area contributed by atoms with E-state index in [0.717, 1.165) is 12.8 Å².